The lowest BCUT2D eigenvalue weighted by Crippen LogP contribution is -2.22. The molecule has 1 rings (SSSR count). The van der Waals surface area contributed by atoms with Crippen LogP contribution in [0.5, 0.6) is 0 Å². The summed E-state index contributed by atoms with van der Waals surface area (Å²) in [7, 11) is -0.800. The van der Waals surface area contributed by atoms with E-state index in [1.165, 1.54) is 0 Å². The minimum atomic E-state index is -0.800. The fourth-order valence-corrected chi connectivity index (χ4v) is 1.97. The van der Waals surface area contributed by atoms with Crippen molar-refractivity contribution in [2.24, 2.45) is 0 Å². The largest absolute Gasteiger partial charge is 0.397 e. The zero-order valence-corrected chi connectivity index (χ0v) is 9.17. The van der Waals surface area contributed by atoms with E-state index in [2.05, 4.69) is 10.3 Å². The Bertz CT molecular complexity index is 330. The highest BCUT2D eigenvalue weighted by Crippen LogP contribution is 2.16. The molecule has 0 aromatic carbocycles. The zero-order chi connectivity index (χ0) is 10.6. The molecule has 0 amide bonds. The molecule has 0 bridgehead atoms. The smallest absolute Gasteiger partial charge is 0.0762 e. The third-order valence-corrected chi connectivity index (χ3v) is 2.71. The van der Waals surface area contributed by atoms with E-state index in [4.69, 9.17) is 5.73 Å². The van der Waals surface area contributed by atoms with Crippen LogP contribution in [0.3, 0.4) is 0 Å². The molecule has 1 aromatic rings. The maximum absolute atomic E-state index is 11.0. The Hall–Kier alpha value is -1.10. The topological polar surface area (TPSA) is 68.0 Å². The Labute approximate surface area is 86.4 Å². The second-order valence-electron chi connectivity index (χ2n) is 3.25. The first-order valence-electron chi connectivity index (χ1n) is 4.35. The monoisotopic (exact) mass is 213 g/mol. The fourth-order valence-electron chi connectivity index (χ4n) is 1.19. The summed E-state index contributed by atoms with van der Waals surface area (Å²) >= 11 is 0. The third kappa shape index (κ3) is 3.33. The van der Waals surface area contributed by atoms with Crippen LogP contribution in [0.2, 0.25) is 0 Å². The highest BCUT2D eigenvalue weighted by atomic mass is 32.2. The highest BCUT2D eigenvalue weighted by Gasteiger charge is 2.05. The van der Waals surface area contributed by atoms with Crippen LogP contribution in [-0.4, -0.2) is 27.2 Å². The van der Waals surface area contributed by atoms with Crippen molar-refractivity contribution in [2.45, 2.75) is 13.0 Å². The van der Waals surface area contributed by atoms with Crippen LogP contribution >= 0.6 is 0 Å². The van der Waals surface area contributed by atoms with Gasteiger partial charge in [0.05, 0.1) is 17.6 Å². The van der Waals surface area contributed by atoms with E-state index < -0.39 is 10.8 Å². The molecule has 2 atom stereocenters. The van der Waals surface area contributed by atoms with Crippen LogP contribution in [0, 0.1) is 0 Å². The standard InChI is InChI=1S/C9H15N3OS/c1-7(6-14(2)13)12-9-5-11-4-3-8(9)10/h3-5,7,12H,6H2,1-2H3,(H2,10,11). The minimum Gasteiger partial charge on any atom is -0.397 e. The summed E-state index contributed by atoms with van der Waals surface area (Å²) in [5.74, 6) is 0.605. The van der Waals surface area contributed by atoms with E-state index >= 15 is 0 Å². The summed E-state index contributed by atoms with van der Waals surface area (Å²) in [5, 5.41) is 3.16. The summed E-state index contributed by atoms with van der Waals surface area (Å²) < 4.78 is 11.0. The number of anilines is 2. The summed E-state index contributed by atoms with van der Waals surface area (Å²) in [5.41, 5.74) is 7.18. The molecule has 0 aliphatic rings. The van der Waals surface area contributed by atoms with E-state index in [0.717, 1.165) is 5.69 Å². The van der Waals surface area contributed by atoms with Crippen LogP contribution in [0.15, 0.2) is 18.5 Å². The normalized spacial score (nSPS) is 14.7. The lowest BCUT2D eigenvalue weighted by Gasteiger charge is -2.14. The van der Waals surface area contributed by atoms with Gasteiger partial charge in [-0.15, -0.1) is 0 Å². The maximum atomic E-state index is 11.0. The summed E-state index contributed by atoms with van der Waals surface area (Å²) in [6, 6.07) is 1.87. The van der Waals surface area contributed by atoms with Gasteiger partial charge in [0.2, 0.25) is 0 Å². The maximum Gasteiger partial charge on any atom is 0.0762 e. The molecule has 0 aliphatic carbocycles. The zero-order valence-electron chi connectivity index (χ0n) is 8.36. The Morgan fingerprint density at radius 3 is 3.00 bits per heavy atom. The van der Waals surface area contributed by atoms with Gasteiger partial charge >= 0.3 is 0 Å². The predicted molar refractivity (Wildman–Crippen MR) is 60.7 cm³/mol. The molecule has 0 saturated carbocycles. The van der Waals surface area contributed by atoms with Gasteiger partial charge in [-0.25, -0.2) is 0 Å². The molecule has 0 aliphatic heterocycles. The van der Waals surface area contributed by atoms with Crippen molar-refractivity contribution in [1.29, 1.82) is 0 Å². The lowest BCUT2D eigenvalue weighted by atomic mass is 10.3. The molecule has 0 radical (unpaired) electrons. The number of pyridine rings is 1. The second-order valence-corrected chi connectivity index (χ2v) is 4.73. The molecule has 2 unspecified atom stereocenters. The molecule has 78 valence electrons. The summed E-state index contributed by atoms with van der Waals surface area (Å²) in [4.78, 5) is 3.96. The number of nitrogens with zero attached hydrogens (tertiary/aromatic N) is 1. The van der Waals surface area contributed by atoms with Crippen LogP contribution in [0.1, 0.15) is 6.92 Å². The summed E-state index contributed by atoms with van der Waals surface area (Å²) in [6.07, 6.45) is 5.00. The van der Waals surface area contributed by atoms with Gasteiger partial charge in [-0.3, -0.25) is 9.19 Å². The molecule has 1 heterocycles. The van der Waals surface area contributed by atoms with Crippen molar-refractivity contribution < 1.29 is 4.21 Å². The molecular formula is C9H15N3OS. The molecule has 4 nitrogen and oxygen atoms in total. The van der Waals surface area contributed by atoms with Crippen molar-refractivity contribution in [2.75, 3.05) is 23.1 Å². The number of nitrogen functional groups attached to an aromatic ring is 1. The Morgan fingerprint density at radius 2 is 2.43 bits per heavy atom. The van der Waals surface area contributed by atoms with Crippen LogP contribution in [0.25, 0.3) is 0 Å². The van der Waals surface area contributed by atoms with Gasteiger partial charge in [-0.2, -0.15) is 0 Å². The predicted octanol–water partition coefficient (Wildman–Crippen LogP) is 0.843. The number of aromatic nitrogens is 1. The van der Waals surface area contributed by atoms with Gasteiger partial charge in [0.25, 0.3) is 0 Å². The Morgan fingerprint density at radius 1 is 1.71 bits per heavy atom. The van der Waals surface area contributed by atoms with Crippen LogP contribution in [0.4, 0.5) is 11.4 Å². The van der Waals surface area contributed by atoms with E-state index in [9.17, 15) is 4.21 Å². The first kappa shape index (κ1) is 11.0. The van der Waals surface area contributed by atoms with Crippen molar-refractivity contribution in [3.8, 4) is 0 Å². The number of nitrogens with one attached hydrogen (secondary N) is 1. The number of hydrogen-bond acceptors (Lipinski definition) is 4. The molecule has 0 saturated heterocycles. The van der Waals surface area contributed by atoms with Gasteiger partial charge in [0.15, 0.2) is 0 Å². The fraction of sp³-hybridized carbons (Fsp3) is 0.444. The van der Waals surface area contributed by atoms with Gasteiger partial charge in [-0.1, -0.05) is 0 Å². The first-order valence-corrected chi connectivity index (χ1v) is 6.08. The van der Waals surface area contributed by atoms with Crippen molar-refractivity contribution in [3.05, 3.63) is 18.5 Å². The van der Waals surface area contributed by atoms with Crippen LogP contribution in [-0.2, 0) is 10.8 Å². The van der Waals surface area contributed by atoms with Crippen molar-refractivity contribution in [3.63, 3.8) is 0 Å². The average Bonchev–Trinajstić information content (AvgIpc) is 2.07. The van der Waals surface area contributed by atoms with E-state index in [1.807, 2.05) is 6.92 Å². The quantitative estimate of drug-likeness (QED) is 0.778. The summed E-state index contributed by atoms with van der Waals surface area (Å²) in [6.45, 7) is 1.97. The minimum absolute atomic E-state index is 0.132. The second kappa shape index (κ2) is 4.95. The van der Waals surface area contributed by atoms with Gasteiger partial charge in [-0.05, 0) is 13.0 Å². The molecule has 1 aromatic heterocycles. The van der Waals surface area contributed by atoms with E-state index in [-0.39, 0.29) is 6.04 Å². The van der Waals surface area contributed by atoms with Crippen molar-refractivity contribution in [1.82, 2.24) is 4.98 Å². The van der Waals surface area contributed by atoms with Crippen LogP contribution < -0.4 is 11.1 Å². The molecule has 5 heteroatoms. The first-order chi connectivity index (χ1) is 6.59. The average molecular weight is 213 g/mol. The number of nitrogens with two attached hydrogens (primary N) is 1. The number of hydrogen-bond donors (Lipinski definition) is 2. The van der Waals surface area contributed by atoms with Gasteiger partial charge in [0.1, 0.15) is 0 Å². The Balaban J connectivity index is 2.60. The molecule has 14 heavy (non-hydrogen) atoms. The number of rotatable bonds is 4. The molecular weight excluding hydrogens is 198 g/mol. The molecule has 0 spiro atoms. The molecule has 0 fully saturated rings. The van der Waals surface area contributed by atoms with Gasteiger partial charge in [0, 0.05) is 35.0 Å². The van der Waals surface area contributed by atoms with E-state index in [1.54, 1.807) is 24.7 Å². The van der Waals surface area contributed by atoms with Crippen molar-refractivity contribution >= 4 is 22.2 Å². The third-order valence-electron chi connectivity index (χ3n) is 1.74. The molecule has 3 N–H and O–H groups in total. The highest BCUT2D eigenvalue weighted by molar-refractivity contribution is 7.84. The SMILES string of the molecule is CC(CS(C)=O)Nc1cnccc1N. The van der Waals surface area contributed by atoms with Gasteiger partial charge < -0.3 is 11.1 Å². The van der Waals surface area contributed by atoms with E-state index in [0.29, 0.717) is 11.4 Å². The Kier molecular flexibility index (Phi) is 3.88. The lowest BCUT2D eigenvalue weighted by molar-refractivity contribution is 0.683.